The van der Waals surface area contributed by atoms with Gasteiger partial charge < -0.3 is 18.9 Å². The molecular weight excluding hydrogens is 626 g/mol. The average molecular weight is 642 g/mol. The van der Waals surface area contributed by atoms with Gasteiger partial charge in [-0.1, -0.05) is 76.7 Å². The van der Waals surface area contributed by atoms with Gasteiger partial charge in [0.25, 0.3) is 0 Å². The van der Waals surface area contributed by atoms with Crippen LogP contribution in [-0.4, -0.2) is 26.2 Å². The molecule has 0 unspecified atom stereocenters. The number of carbonyl (C=O) groups excluding carboxylic acids is 2. The molecule has 0 saturated carbocycles. The highest BCUT2D eigenvalue weighted by molar-refractivity contribution is 6.37. The van der Waals surface area contributed by atoms with Crippen molar-refractivity contribution in [3.63, 3.8) is 0 Å². The maximum Gasteiger partial charge on any atom is 0.348 e. The third-order valence-corrected chi connectivity index (χ3v) is 7.11. The molecule has 0 atom stereocenters. The van der Waals surface area contributed by atoms with Crippen molar-refractivity contribution in [2.24, 2.45) is 0 Å². The lowest BCUT2D eigenvalue weighted by Gasteiger charge is -2.17. The molecule has 0 aliphatic carbocycles. The molecule has 0 aromatic heterocycles. The minimum atomic E-state index is -1.03. The fourth-order valence-corrected chi connectivity index (χ4v) is 4.98. The van der Waals surface area contributed by atoms with E-state index in [0.29, 0.717) is 5.56 Å². The van der Waals surface area contributed by atoms with Gasteiger partial charge in [-0.3, -0.25) is 0 Å². The van der Waals surface area contributed by atoms with Crippen molar-refractivity contribution >= 4 is 58.3 Å². The lowest BCUT2D eigenvalue weighted by Crippen LogP contribution is -2.15. The SMILES string of the molecule is COc1c(Cl)ccc(Cl)c1C(=O)Oc1cc(OC(=O)c2c(Cl)ccc(Cl)c2OC)c(C#N)c(-c2ccccc2)c1C#N. The minimum absolute atomic E-state index is 0.0361. The highest BCUT2D eigenvalue weighted by Gasteiger charge is 2.29. The van der Waals surface area contributed by atoms with E-state index in [1.807, 2.05) is 12.1 Å². The van der Waals surface area contributed by atoms with Crippen molar-refractivity contribution in [1.82, 2.24) is 0 Å². The molecule has 4 aromatic rings. The van der Waals surface area contributed by atoms with Gasteiger partial charge in [0.15, 0.2) is 23.0 Å². The molecule has 0 spiro atoms. The fourth-order valence-electron chi connectivity index (χ4n) is 4.06. The number of carbonyl (C=O) groups is 2. The van der Waals surface area contributed by atoms with Crippen LogP contribution in [-0.2, 0) is 0 Å². The van der Waals surface area contributed by atoms with Crippen molar-refractivity contribution in [2.45, 2.75) is 0 Å². The highest BCUT2D eigenvalue weighted by atomic mass is 35.5. The number of hydrogen-bond donors (Lipinski definition) is 0. The Morgan fingerprint density at radius 1 is 0.643 bits per heavy atom. The van der Waals surface area contributed by atoms with Crippen molar-refractivity contribution in [3.8, 4) is 46.3 Å². The molecule has 0 fully saturated rings. The molecule has 8 nitrogen and oxygen atoms in total. The number of hydrogen-bond acceptors (Lipinski definition) is 8. The van der Waals surface area contributed by atoms with Crippen LogP contribution in [0.25, 0.3) is 11.1 Å². The molecule has 42 heavy (non-hydrogen) atoms. The van der Waals surface area contributed by atoms with Crippen LogP contribution in [0.15, 0.2) is 60.7 Å². The number of ether oxygens (including phenoxy) is 4. The summed E-state index contributed by atoms with van der Waals surface area (Å²) in [5.74, 6) is -2.86. The van der Waals surface area contributed by atoms with E-state index in [-0.39, 0.29) is 70.9 Å². The lowest BCUT2D eigenvalue weighted by molar-refractivity contribution is 0.0729. The van der Waals surface area contributed by atoms with Gasteiger partial charge in [0.1, 0.15) is 34.4 Å². The number of esters is 2. The summed E-state index contributed by atoms with van der Waals surface area (Å²) < 4.78 is 21.7. The second kappa shape index (κ2) is 13.0. The predicted molar refractivity (Wildman–Crippen MR) is 157 cm³/mol. The Balaban J connectivity index is 1.94. The summed E-state index contributed by atoms with van der Waals surface area (Å²) in [6.45, 7) is 0. The Kier molecular flexibility index (Phi) is 9.47. The van der Waals surface area contributed by atoms with E-state index in [0.717, 1.165) is 6.07 Å². The monoisotopic (exact) mass is 640 g/mol. The molecule has 4 rings (SSSR count). The average Bonchev–Trinajstić information content (AvgIpc) is 2.98. The van der Waals surface area contributed by atoms with Crippen LogP contribution in [0.3, 0.4) is 0 Å². The molecule has 0 aliphatic heterocycles. The van der Waals surface area contributed by atoms with Crippen LogP contribution in [0, 0.1) is 22.7 Å². The number of halogens is 4. The zero-order valence-corrected chi connectivity index (χ0v) is 24.7. The molecule has 4 aromatic carbocycles. The van der Waals surface area contributed by atoms with Gasteiger partial charge in [0.2, 0.25) is 0 Å². The van der Waals surface area contributed by atoms with Crippen molar-refractivity contribution in [1.29, 1.82) is 10.5 Å². The first kappa shape index (κ1) is 30.5. The van der Waals surface area contributed by atoms with Gasteiger partial charge >= 0.3 is 11.9 Å². The zero-order valence-electron chi connectivity index (χ0n) is 21.6. The third kappa shape index (κ3) is 5.80. The zero-order chi connectivity index (χ0) is 30.6. The highest BCUT2D eigenvalue weighted by Crippen LogP contribution is 2.42. The van der Waals surface area contributed by atoms with Crippen LogP contribution in [0.5, 0.6) is 23.0 Å². The lowest BCUT2D eigenvalue weighted by atomic mass is 9.93. The molecule has 12 heteroatoms. The first-order chi connectivity index (χ1) is 20.2. The quantitative estimate of drug-likeness (QED) is 0.146. The van der Waals surface area contributed by atoms with Crippen LogP contribution >= 0.6 is 46.4 Å². The molecule has 210 valence electrons. The van der Waals surface area contributed by atoms with Crippen LogP contribution in [0.1, 0.15) is 31.8 Å². The predicted octanol–water partition coefficient (Wildman–Crippen LogP) is 8.17. The first-order valence-electron chi connectivity index (χ1n) is 11.7. The largest absolute Gasteiger partial charge is 0.494 e. The van der Waals surface area contributed by atoms with Crippen molar-refractivity contribution in [3.05, 3.63) is 103 Å². The van der Waals surface area contributed by atoms with Gasteiger partial charge in [-0.05, 0) is 29.8 Å². The van der Waals surface area contributed by atoms with E-state index in [2.05, 4.69) is 0 Å². The second-order valence-corrected chi connectivity index (χ2v) is 9.87. The molecular formula is C30H16Cl4N2O6. The topological polar surface area (TPSA) is 119 Å². The van der Waals surface area contributed by atoms with Gasteiger partial charge in [0, 0.05) is 11.6 Å². The van der Waals surface area contributed by atoms with E-state index in [4.69, 9.17) is 65.4 Å². The second-order valence-electron chi connectivity index (χ2n) is 8.24. The summed E-state index contributed by atoms with van der Waals surface area (Å²) in [6, 6.07) is 19.0. The van der Waals surface area contributed by atoms with Crippen LogP contribution < -0.4 is 18.9 Å². The minimum Gasteiger partial charge on any atom is -0.494 e. The summed E-state index contributed by atoms with van der Waals surface area (Å²) >= 11 is 24.9. The molecule has 0 aliphatic rings. The Labute approximate surface area is 260 Å². The molecule has 0 heterocycles. The number of methoxy groups -OCH3 is 2. The van der Waals surface area contributed by atoms with Gasteiger partial charge in [-0.25, -0.2) is 9.59 Å². The molecule has 0 amide bonds. The van der Waals surface area contributed by atoms with E-state index < -0.39 is 11.9 Å². The summed E-state index contributed by atoms with van der Waals surface area (Å²) in [5.41, 5.74) is -0.368. The van der Waals surface area contributed by atoms with E-state index in [9.17, 15) is 20.1 Å². The summed E-state index contributed by atoms with van der Waals surface area (Å²) in [7, 11) is 2.58. The molecule has 0 saturated heterocycles. The number of nitriles is 2. The summed E-state index contributed by atoms with van der Waals surface area (Å²) in [6.07, 6.45) is 0. The number of rotatable bonds is 7. The third-order valence-electron chi connectivity index (χ3n) is 5.88. The normalized spacial score (nSPS) is 10.3. The maximum atomic E-state index is 13.4. The van der Waals surface area contributed by atoms with E-state index in [1.54, 1.807) is 30.3 Å². The molecule has 0 bridgehead atoms. The van der Waals surface area contributed by atoms with Crippen LogP contribution in [0.2, 0.25) is 20.1 Å². The van der Waals surface area contributed by atoms with E-state index >= 15 is 0 Å². The van der Waals surface area contributed by atoms with E-state index in [1.165, 1.54) is 38.5 Å². The van der Waals surface area contributed by atoms with Crippen molar-refractivity contribution in [2.75, 3.05) is 14.2 Å². The maximum absolute atomic E-state index is 13.4. The summed E-state index contributed by atoms with van der Waals surface area (Å²) in [5, 5.41) is 20.4. The standard InChI is InChI=1S/C30H16Cl4N2O6/c1-39-27-20(33)10-8-18(31)25(27)29(37)41-22-12-23(42-30(38)26-19(32)9-11-21(34)28(26)40-2)17(14-36)24(16(22)13-35)15-6-4-3-5-7-15/h3-12H,1-2H3. The van der Waals surface area contributed by atoms with Crippen LogP contribution in [0.4, 0.5) is 0 Å². The van der Waals surface area contributed by atoms with Crippen molar-refractivity contribution < 1.29 is 28.5 Å². The first-order valence-corrected chi connectivity index (χ1v) is 13.2. The van der Waals surface area contributed by atoms with Gasteiger partial charge in [0.05, 0.1) is 34.3 Å². The Morgan fingerprint density at radius 3 is 1.43 bits per heavy atom. The Morgan fingerprint density at radius 2 is 1.05 bits per heavy atom. The fraction of sp³-hybridized carbons (Fsp3) is 0.0667. The summed E-state index contributed by atoms with van der Waals surface area (Å²) in [4.78, 5) is 26.8. The molecule has 0 radical (unpaired) electrons. The number of benzene rings is 4. The number of nitrogens with zero attached hydrogens (tertiary/aromatic N) is 2. The van der Waals surface area contributed by atoms with Gasteiger partial charge in [-0.2, -0.15) is 10.5 Å². The van der Waals surface area contributed by atoms with Gasteiger partial charge in [-0.15, -0.1) is 0 Å². The Bertz CT molecular complexity index is 1700. The smallest absolute Gasteiger partial charge is 0.348 e. The molecule has 0 N–H and O–H groups in total. The Hall–Kier alpha value is -4.44.